The molecule has 0 radical (unpaired) electrons. The lowest BCUT2D eigenvalue weighted by molar-refractivity contribution is -0.384. The van der Waals surface area contributed by atoms with Gasteiger partial charge in [0, 0.05) is 18.5 Å². The van der Waals surface area contributed by atoms with Crippen molar-refractivity contribution in [1.29, 1.82) is 0 Å². The molecule has 0 spiro atoms. The Morgan fingerprint density at radius 3 is 2.88 bits per heavy atom. The second-order valence-electron chi connectivity index (χ2n) is 5.42. The Labute approximate surface area is 148 Å². The Morgan fingerprint density at radius 2 is 2.15 bits per heavy atom. The molecule has 8 heteroatoms. The van der Waals surface area contributed by atoms with Gasteiger partial charge < -0.3 is 4.42 Å². The lowest BCUT2D eigenvalue weighted by Gasteiger charge is -2.01. The van der Waals surface area contributed by atoms with Crippen LogP contribution in [0, 0.1) is 17.0 Å². The van der Waals surface area contributed by atoms with Crippen LogP contribution < -0.4 is 5.43 Å². The zero-order valence-corrected chi connectivity index (χ0v) is 13.7. The molecule has 0 aliphatic heterocycles. The van der Waals surface area contributed by atoms with E-state index < -0.39 is 10.8 Å². The number of nitro benzene ring substituents is 1. The van der Waals surface area contributed by atoms with Crippen molar-refractivity contribution >= 4 is 17.8 Å². The molecule has 1 aromatic carbocycles. The maximum Gasteiger partial charge on any atom is 0.280 e. The van der Waals surface area contributed by atoms with Crippen LogP contribution in [0.3, 0.4) is 0 Å². The topological polar surface area (TPSA) is 111 Å². The molecule has 3 aromatic rings. The van der Waals surface area contributed by atoms with Crippen LogP contribution in [0.25, 0.3) is 11.3 Å². The van der Waals surface area contributed by atoms with Crippen LogP contribution >= 0.6 is 0 Å². The molecule has 130 valence electrons. The summed E-state index contributed by atoms with van der Waals surface area (Å²) in [5.74, 6) is 0.286. The van der Waals surface area contributed by atoms with Crippen LogP contribution in [-0.2, 0) is 0 Å². The largest absolute Gasteiger partial charge is 0.455 e. The lowest BCUT2D eigenvalue weighted by Crippen LogP contribution is -2.17. The van der Waals surface area contributed by atoms with Gasteiger partial charge in [-0.3, -0.25) is 19.9 Å². The minimum atomic E-state index is -0.452. The number of carbonyl (C=O) groups excluding carboxylic acids is 1. The quantitative estimate of drug-likeness (QED) is 0.431. The number of nitrogens with one attached hydrogen (secondary N) is 1. The third-order valence-electron chi connectivity index (χ3n) is 3.52. The van der Waals surface area contributed by atoms with Crippen LogP contribution in [0.1, 0.15) is 21.7 Å². The first kappa shape index (κ1) is 17.0. The highest BCUT2D eigenvalue weighted by atomic mass is 16.6. The van der Waals surface area contributed by atoms with Gasteiger partial charge in [0.25, 0.3) is 11.6 Å². The van der Waals surface area contributed by atoms with Gasteiger partial charge in [-0.2, -0.15) is 5.10 Å². The van der Waals surface area contributed by atoms with Gasteiger partial charge in [-0.05, 0) is 42.8 Å². The maximum atomic E-state index is 11.8. The molecule has 0 saturated carbocycles. The smallest absolute Gasteiger partial charge is 0.280 e. The Morgan fingerprint density at radius 1 is 1.31 bits per heavy atom. The van der Waals surface area contributed by atoms with Crippen LogP contribution in [0.4, 0.5) is 5.69 Å². The number of hydrogen-bond acceptors (Lipinski definition) is 6. The van der Waals surface area contributed by atoms with Gasteiger partial charge in [-0.25, -0.2) is 5.43 Å². The number of rotatable bonds is 5. The molecule has 2 aromatic heterocycles. The highest BCUT2D eigenvalue weighted by Crippen LogP contribution is 2.31. The Bertz CT molecular complexity index is 980. The number of aromatic nitrogens is 1. The van der Waals surface area contributed by atoms with E-state index in [2.05, 4.69) is 15.5 Å². The predicted molar refractivity (Wildman–Crippen MR) is 94.8 cm³/mol. The minimum absolute atomic E-state index is 0.0345. The summed E-state index contributed by atoms with van der Waals surface area (Å²) in [7, 11) is 0. The number of furan rings is 1. The average molecular weight is 350 g/mol. The molecule has 0 unspecified atom stereocenters. The molecule has 0 atom stereocenters. The molecule has 2 heterocycles. The maximum absolute atomic E-state index is 11.8. The normalized spacial score (nSPS) is 10.8. The number of aryl methyl sites for hydroxylation is 1. The minimum Gasteiger partial charge on any atom is -0.455 e. The Hall–Kier alpha value is -3.81. The summed E-state index contributed by atoms with van der Waals surface area (Å²) < 4.78 is 5.57. The number of benzene rings is 1. The molecule has 1 N–H and O–H groups in total. The van der Waals surface area contributed by atoms with Crippen LogP contribution in [0.15, 0.2) is 64.4 Å². The van der Waals surface area contributed by atoms with Gasteiger partial charge in [0.05, 0.1) is 22.3 Å². The van der Waals surface area contributed by atoms with Crippen molar-refractivity contribution in [3.05, 3.63) is 81.9 Å². The highest BCUT2D eigenvalue weighted by Gasteiger charge is 2.18. The SMILES string of the molecule is Cc1ccc(-c2ccc(/C=N\NC(=O)c3cccnc3)o2)c([N+](=O)[O-])c1. The van der Waals surface area contributed by atoms with E-state index in [-0.39, 0.29) is 5.69 Å². The van der Waals surface area contributed by atoms with E-state index in [9.17, 15) is 14.9 Å². The summed E-state index contributed by atoms with van der Waals surface area (Å²) in [6, 6.07) is 11.4. The van der Waals surface area contributed by atoms with Crippen molar-refractivity contribution < 1.29 is 14.1 Å². The molecular weight excluding hydrogens is 336 g/mol. The molecule has 1 amide bonds. The molecule has 0 fully saturated rings. The van der Waals surface area contributed by atoms with Crippen molar-refractivity contribution in [2.24, 2.45) is 5.10 Å². The number of hydrazone groups is 1. The summed E-state index contributed by atoms with van der Waals surface area (Å²) >= 11 is 0. The van der Waals surface area contributed by atoms with Crippen molar-refractivity contribution in [3.8, 4) is 11.3 Å². The third kappa shape index (κ3) is 3.81. The summed E-state index contributed by atoms with van der Waals surface area (Å²) in [6.45, 7) is 1.78. The van der Waals surface area contributed by atoms with E-state index in [1.165, 1.54) is 18.5 Å². The van der Waals surface area contributed by atoms with E-state index in [1.807, 2.05) is 0 Å². The molecule has 0 aliphatic carbocycles. The van der Waals surface area contributed by atoms with Gasteiger partial charge in [0.15, 0.2) is 0 Å². The van der Waals surface area contributed by atoms with E-state index >= 15 is 0 Å². The van der Waals surface area contributed by atoms with E-state index in [4.69, 9.17) is 4.42 Å². The summed E-state index contributed by atoms with van der Waals surface area (Å²) in [6.07, 6.45) is 4.30. The number of nitro groups is 1. The fourth-order valence-electron chi connectivity index (χ4n) is 2.28. The van der Waals surface area contributed by atoms with Gasteiger partial charge in [0.2, 0.25) is 0 Å². The number of nitrogens with zero attached hydrogens (tertiary/aromatic N) is 3. The second kappa shape index (κ2) is 7.39. The molecule has 26 heavy (non-hydrogen) atoms. The van der Waals surface area contributed by atoms with Crippen molar-refractivity contribution in [1.82, 2.24) is 10.4 Å². The van der Waals surface area contributed by atoms with Crippen LogP contribution in [0.5, 0.6) is 0 Å². The third-order valence-corrected chi connectivity index (χ3v) is 3.52. The number of pyridine rings is 1. The molecule has 0 bridgehead atoms. The van der Waals surface area contributed by atoms with Gasteiger partial charge in [-0.15, -0.1) is 0 Å². The zero-order valence-electron chi connectivity index (χ0n) is 13.7. The first-order valence-electron chi connectivity index (χ1n) is 7.63. The van der Waals surface area contributed by atoms with Crippen LogP contribution in [0.2, 0.25) is 0 Å². The fraction of sp³-hybridized carbons (Fsp3) is 0.0556. The number of amides is 1. The average Bonchev–Trinajstić information content (AvgIpc) is 3.11. The number of hydrogen-bond donors (Lipinski definition) is 1. The van der Waals surface area contributed by atoms with E-state index in [1.54, 1.807) is 49.5 Å². The van der Waals surface area contributed by atoms with Gasteiger partial charge >= 0.3 is 0 Å². The molecule has 0 aliphatic rings. The second-order valence-corrected chi connectivity index (χ2v) is 5.42. The monoisotopic (exact) mass is 350 g/mol. The summed E-state index contributed by atoms with van der Waals surface area (Å²) in [5, 5.41) is 15.0. The van der Waals surface area contributed by atoms with E-state index in [0.717, 1.165) is 5.56 Å². The zero-order chi connectivity index (χ0) is 18.5. The van der Waals surface area contributed by atoms with Crippen molar-refractivity contribution in [2.75, 3.05) is 0 Å². The Kier molecular flexibility index (Phi) is 4.84. The van der Waals surface area contributed by atoms with Crippen molar-refractivity contribution in [3.63, 3.8) is 0 Å². The van der Waals surface area contributed by atoms with Crippen molar-refractivity contribution in [2.45, 2.75) is 6.92 Å². The summed E-state index contributed by atoms with van der Waals surface area (Å²) in [4.78, 5) is 26.5. The fourth-order valence-corrected chi connectivity index (χ4v) is 2.28. The molecule has 8 nitrogen and oxygen atoms in total. The molecule has 3 rings (SSSR count). The van der Waals surface area contributed by atoms with E-state index in [0.29, 0.717) is 22.6 Å². The van der Waals surface area contributed by atoms with Gasteiger partial charge in [-0.1, -0.05) is 6.07 Å². The highest BCUT2D eigenvalue weighted by molar-refractivity contribution is 5.94. The first-order chi connectivity index (χ1) is 12.5. The van der Waals surface area contributed by atoms with Gasteiger partial charge in [0.1, 0.15) is 11.5 Å². The molecular formula is C18H14N4O4. The lowest BCUT2D eigenvalue weighted by atomic mass is 10.1. The van der Waals surface area contributed by atoms with Crippen LogP contribution in [-0.4, -0.2) is 22.0 Å². The Balaban J connectivity index is 1.75. The standard InChI is InChI=1S/C18H14N4O4/c1-12-4-6-15(16(9-12)22(24)25)17-7-5-14(26-17)11-20-21-18(23)13-3-2-8-19-10-13/h2-11H,1H3,(H,21,23)/b20-11-. The summed E-state index contributed by atoms with van der Waals surface area (Å²) in [5.41, 5.74) is 3.86. The number of carbonyl (C=O) groups is 1. The first-order valence-corrected chi connectivity index (χ1v) is 7.63. The molecule has 0 saturated heterocycles. The predicted octanol–water partition coefficient (Wildman–Crippen LogP) is 3.32.